The molecule has 1 atom stereocenters. The zero-order valence-electron chi connectivity index (χ0n) is 8.40. The Morgan fingerprint density at radius 2 is 2.47 bits per heavy atom. The van der Waals surface area contributed by atoms with Gasteiger partial charge in [0.1, 0.15) is 0 Å². The van der Waals surface area contributed by atoms with Crippen LogP contribution in [0.5, 0.6) is 0 Å². The molecule has 1 aromatic heterocycles. The van der Waals surface area contributed by atoms with E-state index >= 15 is 0 Å². The zero-order valence-corrected chi connectivity index (χ0v) is 8.40. The summed E-state index contributed by atoms with van der Waals surface area (Å²) in [6.07, 6.45) is 2.42. The fraction of sp³-hybridized carbons (Fsp3) is 0.400. The average Bonchev–Trinajstić information content (AvgIpc) is 2.18. The van der Waals surface area contributed by atoms with Crippen LogP contribution < -0.4 is 5.32 Å². The second-order valence-corrected chi connectivity index (χ2v) is 3.29. The summed E-state index contributed by atoms with van der Waals surface area (Å²) in [5.74, 6) is -0.885. The summed E-state index contributed by atoms with van der Waals surface area (Å²) < 4.78 is 13.0. The van der Waals surface area contributed by atoms with Crippen molar-refractivity contribution < 1.29 is 14.3 Å². The van der Waals surface area contributed by atoms with E-state index in [9.17, 15) is 9.18 Å². The molecule has 1 rings (SSSR count). The summed E-state index contributed by atoms with van der Waals surface area (Å²) in [6.45, 7) is 1.60. The van der Waals surface area contributed by atoms with Crippen LogP contribution in [-0.2, 0) is 4.79 Å². The maximum atomic E-state index is 13.0. The SMILES string of the molecule is CC(O)CCC(=O)Nc1ccncc1F. The van der Waals surface area contributed by atoms with Gasteiger partial charge in [-0.2, -0.15) is 0 Å². The van der Waals surface area contributed by atoms with Gasteiger partial charge in [0.2, 0.25) is 5.91 Å². The van der Waals surface area contributed by atoms with E-state index in [1.807, 2.05) is 0 Å². The standard InChI is InChI=1S/C10H13FN2O2/c1-7(14)2-3-10(15)13-9-4-5-12-6-8(9)11/h4-7,14H,2-3H2,1H3,(H,12,13,15). The summed E-state index contributed by atoms with van der Waals surface area (Å²) in [7, 11) is 0. The highest BCUT2D eigenvalue weighted by atomic mass is 19.1. The van der Waals surface area contributed by atoms with Gasteiger partial charge in [-0.1, -0.05) is 0 Å². The molecule has 0 aromatic carbocycles. The van der Waals surface area contributed by atoms with E-state index in [0.717, 1.165) is 6.20 Å². The fourth-order valence-electron chi connectivity index (χ4n) is 1.03. The summed E-state index contributed by atoms with van der Waals surface area (Å²) in [4.78, 5) is 14.8. The van der Waals surface area contributed by atoms with Crippen molar-refractivity contribution in [3.63, 3.8) is 0 Å². The lowest BCUT2D eigenvalue weighted by atomic mass is 10.2. The van der Waals surface area contributed by atoms with Crippen LogP contribution in [0, 0.1) is 5.82 Å². The van der Waals surface area contributed by atoms with Gasteiger partial charge in [0.25, 0.3) is 0 Å². The Morgan fingerprint density at radius 1 is 1.73 bits per heavy atom. The van der Waals surface area contributed by atoms with E-state index in [1.165, 1.54) is 12.3 Å². The van der Waals surface area contributed by atoms with Gasteiger partial charge in [-0.25, -0.2) is 4.39 Å². The number of hydrogen-bond donors (Lipinski definition) is 2. The highest BCUT2D eigenvalue weighted by molar-refractivity contribution is 5.90. The number of pyridine rings is 1. The lowest BCUT2D eigenvalue weighted by Crippen LogP contribution is -2.14. The third-order valence-electron chi connectivity index (χ3n) is 1.84. The minimum atomic E-state index is -0.567. The quantitative estimate of drug-likeness (QED) is 0.791. The van der Waals surface area contributed by atoms with Crippen molar-refractivity contribution in [3.05, 3.63) is 24.3 Å². The van der Waals surface area contributed by atoms with Crippen LogP contribution in [0.1, 0.15) is 19.8 Å². The molecule has 0 aliphatic carbocycles. The molecule has 0 radical (unpaired) electrons. The summed E-state index contributed by atoms with van der Waals surface area (Å²) >= 11 is 0. The molecule has 0 spiro atoms. The third kappa shape index (κ3) is 4.03. The van der Waals surface area contributed by atoms with E-state index in [4.69, 9.17) is 5.11 Å². The van der Waals surface area contributed by atoms with Gasteiger partial charge >= 0.3 is 0 Å². The van der Waals surface area contributed by atoms with Crippen molar-refractivity contribution in [2.45, 2.75) is 25.9 Å². The van der Waals surface area contributed by atoms with E-state index in [1.54, 1.807) is 6.92 Å². The molecule has 5 heteroatoms. The van der Waals surface area contributed by atoms with Gasteiger partial charge in [-0.15, -0.1) is 0 Å². The molecule has 1 aromatic rings. The van der Waals surface area contributed by atoms with Gasteiger partial charge in [-0.05, 0) is 19.4 Å². The van der Waals surface area contributed by atoms with Crippen molar-refractivity contribution in [2.75, 3.05) is 5.32 Å². The highest BCUT2D eigenvalue weighted by Crippen LogP contribution is 2.11. The molecule has 0 saturated heterocycles. The summed E-state index contributed by atoms with van der Waals surface area (Å²) in [6, 6.07) is 1.38. The van der Waals surface area contributed by atoms with Gasteiger partial charge in [0.05, 0.1) is 18.0 Å². The van der Waals surface area contributed by atoms with Crippen molar-refractivity contribution in [3.8, 4) is 0 Å². The van der Waals surface area contributed by atoms with Crippen molar-refractivity contribution in [1.82, 2.24) is 4.98 Å². The van der Waals surface area contributed by atoms with Gasteiger partial charge < -0.3 is 10.4 Å². The number of aliphatic hydroxyl groups is 1. The molecule has 15 heavy (non-hydrogen) atoms. The van der Waals surface area contributed by atoms with Crippen LogP contribution in [0.2, 0.25) is 0 Å². The van der Waals surface area contributed by atoms with Gasteiger partial charge in [0.15, 0.2) is 5.82 Å². The Balaban J connectivity index is 2.48. The molecule has 2 N–H and O–H groups in total. The number of nitrogens with zero attached hydrogens (tertiary/aromatic N) is 1. The second-order valence-electron chi connectivity index (χ2n) is 3.29. The number of hydrogen-bond acceptors (Lipinski definition) is 3. The summed E-state index contributed by atoms with van der Waals surface area (Å²) in [5.41, 5.74) is 0.112. The first kappa shape index (κ1) is 11.6. The maximum Gasteiger partial charge on any atom is 0.224 e. The average molecular weight is 212 g/mol. The Kier molecular flexibility index (Phi) is 4.17. The Morgan fingerprint density at radius 3 is 3.07 bits per heavy atom. The molecule has 1 unspecified atom stereocenters. The lowest BCUT2D eigenvalue weighted by Gasteiger charge is -2.06. The van der Waals surface area contributed by atoms with E-state index in [0.29, 0.717) is 6.42 Å². The number of aromatic nitrogens is 1. The molecule has 0 saturated carbocycles. The van der Waals surface area contributed by atoms with Gasteiger partial charge in [-0.3, -0.25) is 9.78 Å². The summed E-state index contributed by atoms with van der Waals surface area (Å²) in [5, 5.41) is 11.4. The monoisotopic (exact) mass is 212 g/mol. The highest BCUT2D eigenvalue weighted by Gasteiger charge is 2.07. The van der Waals surface area contributed by atoms with E-state index in [2.05, 4.69) is 10.3 Å². The lowest BCUT2D eigenvalue weighted by molar-refractivity contribution is -0.116. The normalized spacial score (nSPS) is 12.2. The number of carbonyl (C=O) groups excluding carboxylic acids is 1. The molecule has 1 amide bonds. The van der Waals surface area contributed by atoms with E-state index < -0.39 is 11.9 Å². The first-order chi connectivity index (χ1) is 7.09. The Labute approximate surface area is 87.1 Å². The minimum absolute atomic E-state index is 0.112. The predicted molar refractivity (Wildman–Crippen MR) is 53.7 cm³/mol. The van der Waals surface area contributed by atoms with Crippen LogP contribution in [0.4, 0.5) is 10.1 Å². The first-order valence-electron chi connectivity index (χ1n) is 4.67. The van der Waals surface area contributed by atoms with Crippen molar-refractivity contribution >= 4 is 11.6 Å². The molecule has 1 heterocycles. The number of anilines is 1. The van der Waals surface area contributed by atoms with E-state index in [-0.39, 0.29) is 18.0 Å². The Bertz CT molecular complexity index is 342. The van der Waals surface area contributed by atoms with Gasteiger partial charge in [0, 0.05) is 12.6 Å². The number of carbonyl (C=O) groups is 1. The number of halogens is 1. The number of rotatable bonds is 4. The van der Waals surface area contributed by atoms with Crippen LogP contribution in [-0.4, -0.2) is 22.1 Å². The largest absolute Gasteiger partial charge is 0.393 e. The molecule has 4 nitrogen and oxygen atoms in total. The van der Waals surface area contributed by atoms with Crippen molar-refractivity contribution in [2.24, 2.45) is 0 Å². The molecular weight excluding hydrogens is 199 g/mol. The Hall–Kier alpha value is -1.49. The van der Waals surface area contributed by atoms with Crippen LogP contribution in [0.3, 0.4) is 0 Å². The molecule has 0 bridgehead atoms. The number of nitrogens with one attached hydrogen (secondary N) is 1. The maximum absolute atomic E-state index is 13.0. The molecule has 0 fully saturated rings. The van der Waals surface area contributed by atoms with Crippen LogP contribution in [0.15, 0.2) is 18.5 Å². The number of aliphatic hydroxyl groups excluding tert-OH is 1. The minimum Gasteiger partial charge on any atom is -0.393 e. The molecule has 82 valence electrons. The zero-order chi connectivity index (χ0) is 11.3. The van der Waals surface area contributed by atoms with Crippen LogP contribution in [0.25, 0.3) is 0 Å². The topological polar surface area (TPSA) is 62.2 Å². The van der Waals surface area contributed by atoms with Crippen molar-refractivity contribution in [1.29, 1.82) is 0 Å². The number of amides is 1. The molecular formula is C10H13FN2O2. The first-order valence-corrected chi connectivity index (χ1v) is 4.67. The molecule has 0 aliphatic heterocycles. The smallest absolute Gasteiger partial charge is 0.224 e. The predicted octanol–water partition coefficient (Wildman–Crippen LogP) is 1.32. The third-order valence-corrected chi connectivity index (χ3v) is 1.84. The van der Waals surface area contributed by atoms with Crippen LogP contribution >= 0.6 is 0 Å². The molecule has 0 aliphatic rings. The second kappa shape index (κ2) is 5.41. The fourth-order valence-corrected chi connectivity index (χ4v) is 1.03.